The average Bonchev–Trinajstić information content (AvgIpc) is 3.45. The Morgan fingerprint density at radius 1 is 1.16 bits per heavy atom. The summed E-state index contributed by atoms with van der Waals surface area (Å²) < 4.78 is 14.4. The van der Waals surface area contributed by atoms with Crippen LogP contribution in [0.25, 0.3) is 5.65 Å². The molecule has 5 rings (SSSR count). The van der Waals surface area contributed by atoms with Crippen LogP contribution < -0.4 is 10.2 Å². The fourth-order valence-corrected chi connectivity index (χ4v) is 3.79. The van der Waals surface area contributed by atoms with Crippen LogP contribution in [-0.4, -0.2) is 44.7 Å². The average molecular weight is 498 g/mol. The summed E-state index contributed by atoms with van der Waals surface area (Å²) in [5, 5.41) is 17.4. The van der Waals surface area contributed by atoms with E-state index in [1.165, 1.54) is 18.2 Å². The number of nitrogens with one attached hydrogen (secondary N) is 1. The number of hydrogen-bond donors (Lipinski definition) is 2. The molecule has 0 bridgehead atoms. The quantitative estimate of drug-likeness (QED) is 0.446. The molecule has 0 radical (unpaired) electrons. The Hall–Kier alpha value is -3.46. The molecular formula is C23H21BrFN5O2. The third kappa shape index (κ3) is 5.23. The monoisotopic (exact) mass is 497 g/mol. The fraction of sp³-hybridized carbons (Fsp3) is 0.174. The number of aromatic nitrogens is 3. The van der Waals surface area contributed by atoms with Crippen molar-refractivity contribution >= 4 is 33.3 Å². The zero-order chi connectivity index (χ0) is 22.5. The molecule has 4 aromatic rings. The van der Waals surface area contributed by atoms with Gasteiger partial charge in [-0.1, -0.05) is 34.1 Å². The number of halogens is 2. The molecule has 1 atom stereocenters. The second kappa shape index (κ2) is 9.78. The second-order valence-electron chi connectivity index (χ2n) is 7.28. The van der Waals surface area contributed by atoms with Gasteiger partial charge >= 0.3 is 0 Å². The van der Waals surface area contributed by atoms with Crippen LogP contribution in [0.2, 0.25) is 0 Å². The van der Waals surface area contributed by atoms with Crippen molar-refractivity contribution < 1.29 is 14.3 Å². The number of hydrogen-bond acceptors (Lipinski definition) is 5. The summed E-state index contributed by atoms with van der Waals surface area (Å²) >= 11 is 3.32. The third-order valence-corrected chi connectivity index (χ3v) is 5.52. The normalized spacial score (nSPS) is 15.3. The van der Waals surface area contributed by atoms with Gasteiger partial charge in [0.1, 0.15) is 17.4 Å². The Bertz CT molecular complexity index is 1220. The first-order valence-corrected chi connectivity index (χ1v) is 10.8. The van der Waals surface area contributed by atoms with Crippen molar-refractivity contribution in [3.8, 4) is 5.75 Å². The van der Waals surface area contributed by atoms with Gasteiger partial charge in [-0.25, -0.2) is 13.9 Å². The second-order valence-corrected chi connectivity index (χ2v) is 8.20. The van der Waals surface area contributed by atoms with Crippen LogP contribution >= 0.6 is 15.9 Å². The van der Waals surface area contributed by atoms with Gasteiger partial charge in [0.05, 0.1) is 5.56 Å². The lowest BCUT2D eigenvalue weighted by atomic mass is 10.1. The summed E-state index contributed by atoms with van der Waals surface area (Å²) in [6, 6.07) is 16.6. The minimum absolute atomic E-state index is 0.00571. The molecule has 1 saturated heterocycles. The van der Waals surface area contributed by atoms with Crippen molar-refractivity contribution in [2.45, 2.75) is 12.5 Å². The number of aromatic hydroxyl groups is 1. The van der Waals surface area contributed by atoms with E-state index in [-0.39, 0.29) is 29.1 Å². The highest BCUT2D eigenvalue weighted by Crippen LogP contribution is 2.23. The first kappa shape index (κ1) is 21.8. The zero-order valence-corrected chi connectivity index (χ0v) is 18.6. The molecule has 1 aliphatic rings. The summed E-state index contributed by atoms with van der Waals surface area (Å²) in [5.41, 5.74) is 1.07. The molecule has 1 aliphatic heterocycles. The molecule has 0 aliphatic carbocycles. The minimum Gasteiger partial charge on any atom is -0.507 e. The van der Waals surface area contributed by atoms with Gasteiger partial charge in [-0.3, -0.25) is 4.79 Å². The Labute approximate surface area is 192 Å². The van der Waals surface area contributed by atoms with E-state index in [0.29, 0.717) is 6.54 Å². The third-order valence-electron chi connectivity index (χ3n) is 5.02. The van der Waals surface area contributed by atoms with Gasteiger partial charge in [0.2, 0.25) is 0 Å². The lowest BCUT2D eigenvalue weighted by Crippen LogP contribution is -2.37. The summed E-state index contributed by atoms with van der Waals surface area (Å²) in [4.78, 5) is 18.7. The smallest absolute Gasteiger partial charge is 0.255 e. The van der Waals surface area contributed by atoms with Gasteiger partial charge in [0.25, 0.3) is 5.91 Å². The topological polar surface area (TPSA) is 82.8 Å². The van der Waals surface area contributed by atoms with Gasteiger partial charge in [-0.15, -0.1) is 5.10 Å². The zero-order valence-electron chi connectivity index (χ0n) is 17.0. The van der Waals surface area contributed by atoms with Crippen molar-refractivity contribution in [1.82, 2.24) is 19.9 Å². The fourth-order valence-electron chi connectivity index (χ4n) is 3.43. The molecule has 7 nitrogen and oxygen atoms in total. The van der Waals surface area contributed by atoms with Crippen molar-refractivity contribution in [2.24, 2.45) is 0 Å². The van der Waals surface area contributed by atoms with Gasteiger partial charge in [-0.05, 0) is 48.9 Å². The predicted octanol–water partition coefficient (Wildman–Crippen LogP) is 4.03. The SMILES string of the molecule is Fc1ccccc1.O=C(N[C@H]1CCN(c2ccc3nccn3n2)C1)c1cc(Br)ccc1O. The van der Waals surface area contributed by atoms with E-state index in [0.717, 1.165) is 28.9 Å². The molecule has 2 aromatic heterocycles. The van der Waals surface area contributed by atoms with Crippen LogP contribution in [0.4, 0.5) is 10.2 Å². The molecule has 164 valence electrons. The molecular weight excluding hydrogens is 477 g/mol. The Balaban J connectivity index is 0.000000300. The largest absolute Gasteiger partial charge is 0.507 e. The summed E-state index contributed by atoms with van der Waals surface area (Å²) in [6.45, 7) is 1.48. The van der Waals surface area contributed by atoms with Crippen LogP contribution in [0, 0.1) is 5.82 Å². The first-order chi connectivity index (χ1) is 15.5. The number of carbonyl (C=O) groups excluding carboxylic acids is 1. The minimum atomic E-state index is -0.274. The van der Waals surface area contributed by atoms with Crippen molar-refractivity contribution in [3.63, 3.8) is 0 Å². The maximum Gasteiger partial charge on any atom is 0.255 e. The molecule has 9 heteroatoms. The molecule has 1 amide bonds. The number of phenols is 1. The molecule has 0 unspecified atom stereocenters. The van der Waals surface area contributed by atoms with Crippen LogP contribution in [0.5, 0.6) is 5.75 Å². The van der Waals surface area contributed by atoms with E-state index in [2.05, 4.69) is 36.2 Å². The number of anilines is 1. The first-order valence-electron chi connectivity index (χ1n) is 10.0. The number of benzene rings is 2. The Morgan fingerprint density at radius 2 is 1.97 bits per heavy atom. The lowest BCUT2D eigenvalue weighted by molar-refractivity contribution is 0.0937. The number of nitrogens with zero attached hydrogens (tertiary/aromatic N) is 4. The maximum absolute atomic E-state index is 12.4. The molecule has 3 heterocycles. The van der Waals surface area contributed by atoms with Crippen molar-refractivity contribution in [2.75, 3.05) is 18.0 Å². The summed E-state index contributed by atoms with van der Waals surface area (Å²) in [6.07, 6.45) is 4.35. The van der Waals surface area contributed by atoms with Crippen LogP contribution in [0.3, 0.4) is 0 Å². The number of phenolic OH excluding ortho intramolecular Hbond substituents is 1. The van der Waals surface area contributed by atoms with E-state index in [1.54, 1.807) is 41.0 Å². The number of carbonyl (C=O) groups is 1. The Kier molecular flexibility index (Phi) is 6.65. The van der Waals surface area contributed by atoms with Crippen molar-refractivity contribution in [3.05, 3.63) is 88.9 Å². The van der Waals surface area contributed by atoms with E-state index in [9.17, 15) is 14.3 Å². The molecule has 32 heavy (non-hydrogen) atoms. The molecule has 0 spiro atoms. The highest BCUT2D eigenvalue weighted by molar-refractivity contribution is 9.10. The van der Waals surface area contributed by atoms with Crippen LogP contribution in [0.1, 0.15) is 16.8 Å². The summed E-state index contributed by atoms with van der Waals surface area (Å²) in [7, 11) is 0. The van der Waals surface area contributed by atoms with Gasteiger partial charge in [0, 0.05) is 36.0 Å². The number of fused-ring (bicyclic) bond motifs is 1. The number of rotatable bonds is 3. The Morgan fingerprint density at radius 3 is 2.72 bits per heavy atom. The standard InChI is InChI=1S/C17H16BrN5O2.C6H5F/c18-11-1-2-14(24)13(9-11)17(25)20-12-5-7-22(10-12)16-4-3-15-19-6-8-23(15)21-16;7-6-4-2-1-3-5-6/h1-4,6,8-9,12,24H,5,7,10H2,(H,20,25);1-5H/t12-;/m0./s1. The van der Waals surface area contributed by atoms with E-state index in [1.807, 2.05) is 18.3 Å². The van der Waals surface area contributed by atoms with Crippen LogP contribution in [0.15, 0.2) is 77.5 Å². The molecule has 2 N–H and O–H groups in total. The van der Waals surface area contributed by atoms with E-state index >= 15 is 0 Å². The molecule has 1 fully saturated rings. The van der Waals surface area contributed by atoms with E-state index in [4.69, 9.17) is 0 Å². The number of imidazole rings is 1. The number of amides is 1. The highest BCUT2D eigenvalue weighted by atomic mass is 79.9. The van der Waals surface area contributed by atoms with Gasteiger partial charge in [0.15, 0.2) is 5.65 Å². The highest BCUT2D eigenvalue weighted by Gasteiger charge is 2.26. The van der Waals surface area contributed by atoms with Gasteiger partial charge in [-0.2, -0.15) is 0 Å². The molecule has 2 aromatic carbocycles. The van der Waals surface area contributed by atoms with Crippen LogP contribution in [-0.2, 0) is 0 Å². The van der Waals surface area contributed by atoms with Crippen molar-refractivity contribution in [1.29, 1.82) is 0 Å². The summed E-state index contributed by atoms with van der Waals surface area (Å²) in [5.74, 6) is 0.376. The van der Waals surface area contributed by atoms with Gasteiger partial charge < -0.3 is 15.3 Å². The maximum atomic E-state index is 12.4. The predicted molar refractivity (Wildman–Crippen MR) is 123 cm³/mol. The lowest BCUT2D eigenvalue weighted by Gasteiger charge is -2.18. The van der Waals surface area contributed by atoms with E-state index < -0.39 is 0 Å². The molecule has 0 saturated carbocycles.